The van der Waals surface area contributed by atoms with Gasteiger partial charge in [-0.2, -0.15) is 0 Å². The van der Waals surface area contributed by atoms with Crippen molar-refractivity contribution in [2.24, 2.45) is 5.73 Å². The van der Waals surface area contributed by atoms with Gasteiger partial charge in [0.1, 0.15) is 11.4 Å². The van der Waals surface area contributed by atoms with E-state index in [0.717, 1.165) is 11.1 Å². The number of halogens is 1. The first-order chi connectivity index (χ1) is 9.54. The van der Waals surface area contributed by atoms with Crippen LogP contribution in [0.4, 0.5) is 11.4 Å². The minimum atomic E-state index is -0.714. The van der Waals surface area contributed by atoms with Gasteiger partial charge in [-0.1, -0.05) is 12.1 Å². The van der Waals surface area contributed by atoms with Crippen molar-refractivity contribution in [1.29, 1.82) is 0 Å². The van der Waals surface area contributed by atoms with Gasteiger partial charge in [0, 0.05) is 18.7 Å². The zero-order valence-corrected chi connectivity index (χ0v) is 11.9. The van der Waals surface area contributed by atoms with Gasteiger partial charge in [0.2, 0.25) is 0 Å². The predicted molar refractivity (Wildman–Crippen MR) is 82.7 cm³/mol. The van der Waals surface area contributed by atoms with Gasteiger partial charge in [0.25, 0.3) is 16.8 Å². The first-order valence-electron chi connectivity index (χ1n) is 6.27. The van der Waals surface area contributed by atoms with Crippen LogP contribution in [0.3, 0.4) is 0 Å². The maximum absolute atomic E-state index is 12.4. The first-order valence-corrected chi connectivity index (χ1v) is 6.27. The van der Waals surface area contributed by atoms with Crippen LogP contribution in [0.1, 0.15) is 21.5 Å². The summed E-state index contributed by atoms with van der Waals surface area (Å²) in [6, 6.07) is 5.48. The van der Waals surface area contributed by atoms with Crippen molar-refractivity contribution < 1.29 is 4.79 Å². The number of hydrogen-bond acceptors (Lipinski definition) is 5. The molecule has 0 aliphatic carbocycles. The van der Waals surface area contributed by atoms with Crippen LogP contribution in [-0.4, -0.2) is 12.5 Å². The van der Waals surface area contributed by atoms with Crippen molar-refractivity contribution in [1.82, 2.24) is 0 Å². The molecule has 0 bridgehead atoms. The van der Waals surface area contributed by atoms with E-state index >= 15 is 0 Å². The summed E-state index contributed by atoms with van der Waals surface area (Å²) >= 11 is 0. The molecular formula is C14H14ClN3O3. The summed E-state index contributed by atoms with van der Waals surface area (Å²) in [6.45, 7) is 0.686. The molecule has 0 aromatic heterocycles. The number of carbonyl (C=O) groups excluding carboxylic acids is 1. The van der Waals surface area contributed by atoms with Gasteiger partial charge in [-0.25, -0.2) is 0 Å². The van der Waals surface area contributed by atoms with Gasteiger partial charge in [-0.05, 0) is 23.6 Å². The lowest BCUT2D eigenvalue weighted by Crippen LogP contribution is -2.47. The van der Waals surface area contributed by atoms with Crippen molar-refractivity contribution in [2.45, 2.75) is 13.0 Å². The van der Waals surface area contributed by atoms with Crippen molar-refractivity contribution in [3.8, 4) is 0 Å². The molecule has 3 rings (SSSR count). The van der Waals surface area contributed by atoms with Crippen LogP contribution in [-0.2, 0) is 13.0 Å². The van der Waals surface area contributed by atoms with E-state index < -0.39 is 10.9 Å². The number of benzene rings is 1. The van der Waals surface area contributed by atoms with Crippen LogP contribution in [0.15, 0.2) is 27.8 Å². The summed E-state index contributed by atoms with van der Waals surface area (Å²) < 4.78 is 0. The molecule has 1 heterocycles. The second kappa shape index (κ2) is 5.31. The van der Waals surface area contributed by atoms with Gasteiger partial charge in [0.05, 0.1) is 0 Å². The average Bonchev–Trinajstić information content (AvgIpc) is 2.49. The smallest absolute Gasteiger partial charge is 0.258 e. The quantitative estimate of drug-likeness (QED) is 0.756. The van der Waals surface area contributed by atoms with Crippen LogP contribution in [0.5, 0.6) is 0 Å². The molecule has 6 nitrogen and oxygen atoms in total. The number of hydrogen-bond donors (Lipinski definition) is 2. The number of amides is 1. The molecular weight excluding hydrogens is 294 g/mol. The Kier molecular flexibility index (Phi) is 3.85. The monoisotopic (exact) mass is 307 g/mol. The van der Waals surface area contributed by atoms with Gasteiger partial charge in [-0.15, -0.1) is 12.4 Å². The van der Waals surface area contributed by atoms with Crippen LogP contribution >= 0.6 is 12.4 Å². The molecule has 0 unspecified atom stereocenters. The molecule has 0 fully saturated rings. The molecule has 4 N–H and O–H groups in total. The lowest BCUT2D eigenvalue weighted by Gasteiger charge is -2.29. The summed E-state index contributed by atoms with van der Waals surface area (Å²) in [7, 11) is 0. The summed E-state index contributed by atoms with van der Waals surface area (Å²) in [5.74, 6) is -0.305. The first kappa shape index (κ1) is 15.2. The molecule has 0 atom stereocenters. The second-order valence-electron chi connectivity index (χ2n) is 4.82. The fraction of sp³-hybridized carbons (Fsp3) is 0.214. The van der Waals surface area contributed by atoms with Crippen molar-refractivity contribution in [2.75, 3.05) is 17.2 Å². The zero-order chi connectivity index (χ0) is 14.4. The number of fused-ring (bicyclic) bond motifs is 1. The molecule has 2 aromatic rings. The van der Waals surface area contributed by atoms with Gasteiger partial charge < -0.3 is 16.4 Å². The number of rotatable bonds is 2. The van der Waals surface area contributed by atoms with E-state index in [1.807, 2.05) is 12.1 Å². The highest BCUT2D eigenvalue weighted by molar-refractivity contribution is 6.10. The number of nitrogens with zero attached hydrogens (tertiary/aromatic N) is 1. The number of anilines is 2. The third-order valence-corrected chi connectivity index (χ3v) is 3.68. The van der Waals surface area contributed by atoms with E-state index in [2.05, 4.69) is 0 Å². The van der Waals surface area contributed by atoms with E-state index in [0.29, 0.717) is 25.1 Å². The molecule has 1 amide bonds. The Labute approximate surface area is 126 Å². The standard InChI is InChI=1S/C14H13N3O3.ClH/c15-6-7-1-2-8-3-4-17(14(20)9(8)5-7)11-10(16)12(18)13(11)19;/h1-2,5H,3-4,6,15-16H2;1H. The Balaban J connectivity index is 0.00000161. The molecule has 0 saturated carbocycles. The SMILES string of the molecule is Cl.NCc1ccc2c(c1)C(=O)N(c1c(N)c(=O)c1=O)CC2. The summed E-state index contributed by atoms with van der Waals surface area (Å²) in [5, 5.41) is 0. The van der Waals surface area contributed by atoms with Crippen LogP contribution in [0.2, 0.25) is 0 Å². The topological polar surface area (TPSA) is 106 Å². The molecule has 110 valence electrons. The molecule has 0 saturated heterocycles. The maximum atomic E-state index is 12.4. The van der Waals surface area contributed by atoms with E-state index in [1.54, 1.807) is 6.07 Å². The lowest BCUT2D eigenvalue weighted by atomic mass is 9.95. The highest BCUT2D eigenvalue weighted by Crippen LogP contribution is 2.26. The van der Waals surface area contributed by atoms with Crippen LogP contribution < -0.4 is 27.2 Å². The molecule has 0 spiro atoms. The second-order valence-corrected chi connectivity index (χ2v) is 4.82. The fourth-order valence-electron chi connectivity index (χ4n) is 2.53. The third kappa shape index (κ3) is 2.12. The summed E-state index contributed by atoms with van der Waals surface area (Å²) in [4.78, 5) is 36.5. The molecule has 1 aliphatic heterocycles. The van der Waals surface area contributed by atoms with E-state index in [9.17, 15) is 14.4 Å². The molecule has 7 heteroatoms. The highest BCUT2D eigenvalue weighted by Gasteiger charge is 2.32. The normalized spacial score (nSPS) is 14.0. The van der Waals surface area contributed by atoms with E-state index in [1.165, 1.54) is 4.90 Å². The fourth-order valence-corrected chi connectivity index (χ4v) is 2.53. The highest BCUT2D eigenvalue weighted by atomic mass is 35.5. The Bertz CT molecular complexity index is 793. The number of nitrogens with two attached hydrogens (primary N) is 2. The molecule has 21 heavy (non-hydrogen) atoms. The predicted octanol–water partition coefficient (Wildman–Crippen LogP) is -0.0518. The van der Waals surface area contributed by atoms with E-state index in [4.69, 9.17) is 11.5 Å². The Morgan fingerprint density at radius 2 is 1.86 bits per heavy atom. The lowest BCUT2D eigenvalue weighted by molar-refractivity contribution is 0.0980. The Morgan fingerprint density at radius 3 is 2.48 bits per heavy atom. The Morgan fingerprint density at radius 1 is 1.14 bits per heavy atom. The average molecular weight is 308 g/mol. The van der Waals surface area contributed by atoms with Gasteiger partial charge in [0.15, 0.2) is 0 Å². The molecule has 1 aliphatic rings. The van der Waals surface area contributed by atoms with Crippen LogP contribution in [0.25, 0.3) is 0 Å². The molecule has 2 aromatic carbocycles. The van der Waals surface area contributed by atoms with Crippen molar-refractivity contribution in [3.05, 3.63) is 55.3 Å². The largest absolute Gasteiger partial charge is 0.394 e. The summed E-state index contributed by atoms with van der Waals surface area (Å²) in [6.07, 6.45) is 0.615. The molecule has 0 radical (unpaired) electrons. The third-order valence-electron chi connectivity index (χ3n) is 3.68. The van der Waals surface area contributed by atoms with Gasteiger partial charge >= 0.3 is 0 Å². The van der Waals surface area contributed by atoms with Crippen molar-refractivity contribution in [3.63, 3.8) is 0 Å². The van der Waals surface area contributed by atoms with Gasteiger partial charge in [-0.3, -0.25) is 14.4 Å². The maximum Gasteiger partial charge on any atom is 0.258 e. The van der Waals surface area contributed by atoms with Crippen molar-refractivity contribution >= 4 is 29.7 Å². The number of carbonyl (C=O) groups is 1. The zero-order valence-electron chi connectivity index (χ0n) is 11.1. The minimum absolute atomic E-state index is 0. The van der Waals surface area contributed by atoms with E-state index in [-0.39, 0.29) is 29.7 Å². The summed E-state index contributed by atoms with van der Waals surface area (Å²) in [5.41, 5.74) is 11.9. The van der Waals surface area contributed by atoms with Crippen LogP contribution in [0, 0.1) is 0 Å². The Hall–Kier alpha value is -2.18. The minimum Gasteiger partial charge on any atom is -0.394 e. The number of nitrogen functional groups attached to an aromatic ring is 1.